The largest absolute Gasteiger partial charge is 0.102 e. The van der Waals surface area contributed by atoms with E-state index in [0.29, 0.717) is 11.8 Å². The van der Waals surface area contributed by atoms with Gasteiger partial charge in [-0.25, -0.2) is 0 Å². The van der Waals surface area contributed by atoms with Gasteiger partial charge in [-0.3, -0.25) is 0 Å². The van der Waals surface area contributed by atoms with Gasteiger partial charge in [0.1, 0.15) is 0 Å². The Balaban J connectivity index is 2.62. The van der Waals surface area contributed by atoms with Gasteiger partial charge in [0, 0.05) is 11.8 Å². The van der Waals surface area contributed by atoms with Crippen molar-refractivity contribution < 1.29 is 0 Å². The lowest BCUT2D eigenvalue weighted by molar-refractivity contribution is 0.750. The van der Waals surface area contributed by atoms with E-state index in [1.165, 1.54) is 22.3 Å². The maximum Gasteiger partial charge on any atom is 0.00296 e. The van der Waals surface area contributed by atoms with Crippen LogP contribution >= 0.6 is 0 Å². The molecule has 0 amide bonds. The van der Waals surface area contributed by atoms with Crippen molar-refractivity contribution in [1.29, 1.82) is 0 Å². The van der Waals surface area contributed by atoms with Crippen molar-refractivity contribution in [3.05, 3.63) is 59.7 Å². The molecule has 2 atom stereocenters. The van der Waals surface area contributed by atoms with Gasteiger partial charge in [-0.1, -0.05) is 29.8 Å². The molecule has 2 rings (SSSR count). The molecular weight excluding hydrogens is 180 g/mol. The van der Waals surface area contributed by atoms with Crippen LogP contribution in [0, 0.1) is 13.8 Å². The molecule has 1 aromatic rings. The summed E-state index contributed by atoms with van der Waals surface area (Å²) < 4.78 is 0. The van der Waals surface area contributed by atoms with Crippen LogP contribution in [0.25, 0.3) is 0 Å². The van der Waals surface area contributed by atoms with Crippen molar-refractivity contribution in [2.75, 3.05) is 0 Å². The van der Waals surface area contributed by atoms with Gasteiger partial charge in [0.2, 0.25) is 0 Å². The summed E-state index contributed by atoms with van der Waals surface area (Å²) in [7, 11) is 0. The minimum atomic E-state index is 0.515. The zero-order chi connectivity index (χ0) is 11.0. The van der Waals surface area contributed by atoms with E-state index < -0.39 is 0 Å². The van der Waals surface area contributed by atoms with Crippen molar-refractivity contribution in [3.8, 4) is 0 Å². The normalized spacial score (nSPS) is 23.6. The smallest absolute Gasteiger partial charge is 0.00296 e. The van der Waals surface area contributed by atoms with Crippen LogP contribution in [0.2, 0.25) is 0 Å². The zero-order valence-corrected chi connectivity index (χ0v) is 9.59. The molecule has 0 saturated heterocycles. The summed E-state index contributed by atoms with van der Waals surface area (Å²) >= 11 is 0. The quantitative estimate of drug-likeness (QED) is 0.623. The van der Waals surface area contributed by atoms with Gasteiger partial charge >= 0.3 is 0 Å². The number of aryl methyl sites for hydroxylation is 2. The molecule has 0 spiro atoms. The third kappa shape index (κ3) is 1.54. The van der Waals surface area contributed by atoms with Crippen LogP contribution in [0.1, 0.15) is 40.5 Å². The molecule has 2 unspecified atom stereocenters. The lowest BCUT2D eigenvalue weighted by Gasteiger charge is -2.11. The van der Waals surface area contributed by atoms with Gasteiger partial charge in [-0.05, 0) is 37.0 Å². The fourth-order valence-electron chi connectivity index (χ4n) is 2.78. The van der Waals surface area contributed by atoms with Gasteiger partial charge < -0.3 is 0 Å². The van der Waals surface area contributed by atoms with E-state index in [1.54, 1.807) is 0 Å². The molecule has 0 aromatic heterocycles. The number of hydrogen-bond acceptors (Lipinski definition) is 0. The predicted octanol–water partition coefficient (Wildman–Crippen LogP) is 4.25. The van der Waals surface area contributed by atoms with E-state index in [-0.39, 0.29) is 0 Å². The average molecular weight is 198 g/mol. The maximum atomic E-state index is 3.94. The summed E-state index contributed by atoms with van der Waals surface area (Å²) in [5.41, 5.74) is 5.70. The van der Waals surface area contributed by atoms with E-state index in [4.69, 9.17) is 0 Å². The average Bonchev–Trinajstić information content (AvgIpc) is 2.55. The van der Waals surface area contributed by atoms with Gasteiger partial charge in [0.05, 0.1) is 0 Å². The summed E-state index contributed by atoms with van der Waals surface area (Å²) in [5.74, 6) is 1.03. The van der Waals surface area contributed by atoms with Crippen LogP contribution < -0.4 is 0 Å². The fourth-order valence-corrected chi connectivity index (χ4v) is 2.78. The summed E-state index contributed by atoms with van der Waals surface area (Å²) in [4.78, 5) is 0. The number of hydrogen-bond donors (Lipinski definition) is 0. The second kappa shape index (κ2) is 3.69. The van der Waals surface area contributed by atoms with Crippen molar-refractivity contribution in [3.63, 3.8) is 0 Å². The first-order chi connectivity index (χ1) is 7.17. The Morgan fingerprint density at radius 1 is 1.13 bits per heavy atom. The predicted molar refractivity (Wildman–Crippen MR) is 66.4 cm³/mol. The van der Waals surface area contributed by atoms with Gasteiger partial charge in [-0.2, -0.15) is 0 Å². The topological polar surface area (TPSA) is 0 Å². The molecule has 0 heterocycles. The number of allylic oxidation sites excluding steroid dienone is 2. The number of rotatable bonds is 2. The molecule has 0 radical (unpaired) electrons. The molecule has 0 N–H and O–H groups in total. The molecule has 1 aromatic carbocycles. The Labute approximate surface area is 92.3 Å². The molecular formula is C15H18. The van der Waals surface area contributed by atoms with Gasteiger partial charge in [-0.15, -0.1) is 13.2 Å². The van der Waals surface area contributed by atoms with Crippen LogP contribution in [-0.4, -0.2) is 0 Å². The van der Waals surface area contributed by atoms with E-state index in [0.717, 1.165) is 6.42 Å². The van der Waals surface area contributed by atoms with Crippen LogP contribution in [0.4, 0.5) is 0 Å². The Bertz CT molecular complexity index is 412. The van der Waals surface area contributed by atoms with Crippen LogP contribution in [0.3, 0.4) is 0 Å². The van der Waals surface area contributed by atoms with Crippen molar-refractivity contribution >= 4 is 0 Å². The molecule has 1 aliphatic rings. The first-order valence-corrected chi connectivity index (χ1v) is 5.53. The van der Waals surface area contributed by atoms with E-state index in [9.17, 15) is 0 Å². The van der Waals surface area contributed by atoms with Crippen molar-refractivity contribution in [1.82, 2.24) is 0 Å². The second-order valence-corrected chi connectivity index (χ2v) is 4.50. The van der Waals surface area contributed by atoms with Gasteiger partial charge in [0.15, 0.2) is 0 Å². The Morgan fingerprint density at radius 2 is 1.80 bits per heavy atom. The van der Waals surface area contributed by atoms with Crippen LogP contribution in [-0.2, 0) is 0 Å². The third-order valence-corrected chi connectivity index (χ3v) is 3.41. The lowest BCUT2D eigenvalue weighted by atomic mass is 9.94. The zero-order valence-electron chi connectivity index (χ0n) is 9.59. The highest BCUT2D eigenvalue weighted by molar-refractivity contribution is 5.49. The molecule has 0 fully saturated rings. The van der Waals surface area contributed by atoms with E-state index in [2.05, 4.69) is 51.3 Å². The van der Waals surface area contributed by atoms with E-state index in [1.807, 2.05) is 0 Å². The monoisotopic (exact) mass is 198 g/mol. The highest BCUT2D eigenvalue weighted by Gasteiger charge is 2.28. The molecule has 78 valence electrons. The van der Waals surface area contributed by atoms with E-state index >= 15 is 0 Å². The molecule has 0 saturated carbocycles. The SMILES string of the molecule is C=CC1CC(C=C)c2c(C)cc(C)cc21. The lowest BCUT2D eigenvalue weighted by Crippen LogP contribution is -1.93. The molecule has 0 aliphatic heterocycles. The minimum absolute atomic E-state index is 0.515. The second-order valence-electron chi connectivity index (χ2n) is 4.50. The van der Waals surface area contributed by atoms with Crippen molar-refractivity contribution in [2.24, 2.45) is 0 Å². The molecule has 1 aliphatic carbocycles. The summed E-state index contributed by atoms with van der Waals surface area (Å²) in [5, 5.41) is 0. The molecule has 0 bridgehead atoms. The van der Waals surface area contributed by atoms with Gasteiger partial charge in [0.25, 0.3) is 0 Å². The first-order valence-electron chi connectivity index (χ1n) is 5.53. The maximum absolute atomic E-state index is 3.94. The molecule has 0 nitrogen and oxygen atoms in total. The number of fused-ring (bicyclic) bond motifs is 1. The molecule has 0 heteroatoms. The third-order valence-electron chi connectivity index (χ3n) is 3.41. The van der Waals surface area contributed by atoms with Crippen molar-refractivity contribution in [2.45, 2.75) is 32.1 Å². The summed E-state index contributed by atoms with van der Waals surface area (Å²) in [6.45, 7) is 12.2. The number of benzene rings is 1. The minimum Gasteiger partial charge on any atom is -0.102 e. The summed E-state index contributed by atoms with van der Waals surface area (Å²) in [6, 6.07) is 4.57. The highest BCUT2D eigenvalue weighted by atomic mass is 14.3. The standard InChI is InChI=1S/C15H18/c1-5-12-9-13(6-2)15-11(4)7-10(3)8-14(12)15/h5-8,12-13H,1-2,9H2,3-4H3. The molecule has 15 heavy (non-hydrogen) atoms. The highest BCUT2D eigenvalue weighted by Crippen LogP contribution is 2.44. The Kier molecular flexibility index (Phi) is 2.52. The first kappa shape index (κ1) is 10.2. The fraction of sp³-hybridized carbons (Fsp3) is 0.333. The summed E-state index contributed by atoms with van der Waals surface area (Å²) in [6.07, 6.45) is 5.29. The van der Waals surface area contributed by atoms with Crippen LogP contribution in [0.15, 0.2) is 37.4 Å². The Hall–Kier alpha value is -1.30. The Morgan fingerprint density at radius 3 is 2.40 bits per heavy atom. The van der Waals surface area contributed by atoms with Crippen LogP contribution in [0.5, 0.6) is 0 Å².